The maximum absolute atomic E-state index is 12.6. The molecule has 3 aromatic heterocycles. The van der Waals surface area contributed by atoms with Crippen molar-refractivity contribution in [2.45, 2.75) is 19.5 Å². The summed E-state index contributed by atoms with van der Waals surface area (Å²) in [5.74, 6) is -0.156. The van der Waals surface area contributed by atoms with Gasteiger partial charge in [0.05, 0.1) is 16.2 Å². The van der Waals surface area contributed by atoms with Crippen molar-refractivity contribution >= 4 is 28.4 Å². The van der Waals surface area contributed by atoms with Crippen LogP contribution in [-0.2, 0) is 19.5 Å². The third-order valence-electron chi connectivity index (χ3n) is 4.72. The highest BCUT2D eigenvalue weighted by atomic mass is 35.5. The van der Waals surface area contributed by atoms with Crippen molar-refractivity contribution in [1.29, 1.82) is 0 Å². The highest BCUT2D eigenvalue weighted by Gasteiger charge is 2.08. The van der Waals surface area contributed by atoms with E-state index in [-0.39, 0.29) is 5.91 Å². The zero-order chi connectivity index (χ0) is 20.9. The largest absolute Gasteiger partial charge is 0.348 e. The average Bonchev–Trinajstić information content (AvgIpc) is 2.77. The van der Waals surface area contributed by atoms with Gasteiger partial charge in [0.15, 0.2) is 0 Å². The van der Waals surface area contributed by atoms with E-state index in [9.17, 15) is 4.79 Å². The standard InChI is InChI=1S/C23H20ClN5O/c24-19-9-18-7-15(2-4-22(18)28-14-19)8-21-10-17(5-6-26-21)23(30)29-13-16-1-3-20(11-25)27-12-16/h1-7,9-10,12,14H,8,11,13,25H2,(H,29,30). The molecule has 3 N–H and O–H groups in total. The zero-order valence-corrected chi connectivity index (χ0v) is 16.9. The lowest BCUT2D eigenvalue weighted by atomic mass is 10.0. The highest BCUT2D eigenvalue weighted by Crippen LogP contribution is 2.20. The molecule has 1 aromatic carbocycles. The average molecular weight is 418 g/mol. The van der Waals surface area contributed by atoms with E-state index in [2.05, 4.69) is 20.3 Å². The molecule has 0 bridgehead atoms. The molecule has 4 aromatic rings. The molecule has 0 spiro atoms. The molecule has 0 unspecified atom stereocenters. The number of carbonyl (C=O) groups is 1. The molecular weight excluding hydrogens is 398 g/mol. The lowest BCUT2D eigenvalue weighted by Gasteiger charge is -2.08. The molecule has 0 saturated heterocycles. The molecule has 0 atom stereocenters. The zero-order valence-electron chi connectivity index (χ0n) is 16.2. The van der Waals surface area contributed by atoms with E-state index in [1.54, 1.807) is 24.7 Å². The van der Waals surface area contributed by atoms with Crippen molar-refractivity contribution in [1.82, 2.24) is 20.3 Å². The van der Waals surface area contributed by atoms with Crippen molar-refractivity contribution in [2.24, 2.45) is 5.73 Å². The van der Waals surface area contributed by atoms with Crippen LogP contribution in [-0.4, -0.2) is 20.9 Å². The van der Waals surface area contributed by atoms with Gasteiger partial charge in [-0.3, -0.25) is 19.7 Å². The Hall–Kier alpha value is -3.35. The molecule has 0 aliphatic rings. The maximum Gasteiger partial charge on any atom is 0.251 e. The van der Waals surface area contributed by atoms with Gasteiger partial charge in [-0.2, -0.15) is 0 Å². The molecule has 1 amide bonds. The first-order valence-electron chi connectivity index (χ1n) is 9.52. The second-order valence-corrected chi connectivity index (χ2v) is 7.37. The van der Waals surface area contributed by atoms with Crippen LogP contribution in [0.25, 0.3) is 10.9 Å². The lowest BCUT2D eigenvalue weighted by molar-refractivity contribution is 0.0950. The Balaban J connectivity index is 1.44. The summed E-state index contributed by atoms with van der Waals surface area (Å²) in [5.41, 5.74) is 10.6. The highest BCUT2D eigenvalue weighted by molar-refractivity contribution is 6.31. The fourth-order valence-corrected chi connectivity index (χ4v) is 3.32. The van der Waals surface area contributed by atoms with Gasteiger partial charge in [-0.1, -0.05) is 23.7 Å². The summed E-state index contributed by atoms with van der Waals surface area (Å²) >= 11 is 6.05. The van der Waals surface area contributed by atoms with Gasteiger partial charge in [0.1, 0.15) is 0 Å². The number of nitrogens with one attached hydrogen (secondary N) is 1. The van der Waals surface area contributed by atoms with Gasteiger partial charge in [-0.15, -0.1) is 0 Å². The van der Waals surface area contributed by atoms with Gasteiger partial charge in [0, 0.05) is 54.7 Å². The Morgan fingerprint density at radius 2 is 1.80 bits per heavy atom. The van der Waals surface area contributed by atoms with Crippen molar-refractivity contribution in [2.75, 3.05) is 0 Å². The van der Waals surface area contributed by atoms with Gasteiger partial charge in [0.2, 0.25) is 0 Å². The molecule has 0 saturated carbocycles. The minimum Gasteiger partial charge on any atom is -0.348 e. The number of halogens is 1. The molecule has 30 heavy (non-hydrogen) atoms. The number of carbonyl (C=O) groups excluding carboxylic acids is 1. The van der Waals surface area contributed by atoms with Crippen molar-refractivity contribution in [3.63, 3.8) is 0 Å². The summed E-state index contributed by atoms with van der Waals surface area (Å²) in [6.45, 7) is 0.792. The number of aromatic nitrogens is 3. The molecule has 4 rings (SSSR count). The fourth-order valence-electron chi connectivity index (χ4n) is 3.15. The summed E-state index contributed by atoms with van der Waals surface area (Å²) in [6, 6.07) is 15.2. The molecule has 0 aliphatic heterocycles. The van der Waals surface area contributed by atoms with Crippen LogP contribution in [0.3, 0.4) is 0 Å². The van der Waals surface area contributed by atoms with Crippen LogP contribution in [0.15, 0.2) is 67.1 Å². The number of rotatable bonds is 6. The van der Waals surface area contributed by atoms with Gasteiger partial charge in [-0.05, 0) is 47.5 Å². The Labute approximate surface area is 179 Å². The first-order chi connectivity index (χ1) is 14.6. The summed E-state index contributed by atoms with van der Waals surface area (Å²) in [5, 5.41) is 4.49. The fraction of sp³-hybridized carbons (Fsp3) is 0.130. The summed E-state index contributed by atoms with van der Waals surface area (Å²) in [7, 11) is 0. The maximum atomic E-state index is 12.6. The van der Waals surface area contributed by atoms with Crippen LogP contribution in [0.2, 0.25) is 5.02 Å². The van der Waals surface area contributed by atoms with Crippen LogP contribution in [0.1, 0.15) is 32.9 Å². The molecule has 0 fully saturated rings. The topological polar surface area (TPSA) is 93.8 Å². The minimum atomic E-state index is -0.156. The predicted octanol–water partition coefficient (Wildman–Crippen LogP) is 3.66. The lowest BCUT2D eigenvalue weighted by Crippen LogP contribution is -2.23. The van der Waals surface area contributed by atoms with E-state index in [1.165, 1.54) is 0 Å². The number of fused-ring (bicyclic) bond motifs is 1. The van der Waals surface area contributed by atoms with Gasteiger partial charge < -0.3 is 11.1 Å². The number of nitrogens with two attached hydrogens (primary N) is 1. The Kier molecular flexibility index (Phi) is 5.97. The Morgan fingerprint density at radius 3 is 2.60 bits per heavy atom. The normalized spacial score (nSPS) is 10.9. The third kappa shape index (κ3) is 4.79. The van der Waals surface area contributed by atoms with E-state index in [4.69, 9.17) is 17.3 Å². The first kappa shape index (κ1) is 19.9. The monoisotopic (exact) mass is 417 g/mol. The van der Waals surface area contributed by atoms with Crippen LogP contribution >= 0.6 is 11.6 Å². The number of nitrogens with zero attached hydrogens (tertiary/aromatic N) is 3. The summed E-state index contributed by atoms with van der Waals surface area (Å²) < 4.78 is 0. The second-order valence-electron chi connectivity index (χ2n) is 6.94. The van der Waals surface area contributed by atoms with Crippen molar-refractivity contribution in [3.8, 4) is 0 Å². The van der Waals surface area contributed by atoms with Gasteiger partial charge >= 0.3 is 0 Å². The van der Waals surface area contributed by atoms with E-state index in [1.807, 2.05) is 42.5 Å². The Bertz CT molecular complexity index is 1190. The van der Waals surface area contributed by atoms with Crippen LogP contribution < -0.4 is 11.1 Å². The molecule has 0 aliphatic carbocycles. The van der Waals surface area contributed by atoms with E-state index in [0.29, 0.717) is 30.1 Å². The molecule has 7 heteroatoms. The molecule has 0 radical (unpaired) electrons. The number of amides is 1. The van der Waals surface area contributed by atoms with Crippen LogP contribution in [0.4, 0.5) is 0 Å². The number of pyridine rings is 3. The number of hydrogen-bond donors (Lipinski definition) is 2. The van der Waals surface area contributed by atoms with Crippen molar-refractivity contribution < 1.29 is 4.79 Å². The Morgan fingerprint density at radius 1 is 0.933 bits per heavy atom. The van der Waals surface area contributed by atoms with Crippen molar-refractivity contribution in [3.05, 3.63) is 100 Å². The van der Waals surface area contributed by atoms with E-state index >= 15 is 0 Å². The number of benzene rings is 1. The first-order valence-corrected chi connectivity index (χ1v) is 9.90. The minimum absolute atomic E-state index is 0.156. The smallest absolute Gasteiger partial charge is 0.251 e. The SMILES string of the molecule is NCc1ccc(CNC(=O)c2ccnc(Cc3ccc4ncc(Cl)cc4c3)c2)cn1. The molecule has 150 valence electrons. The van der Waals surface area contributed by atoms with Crippen LogP contribution in [0.5, 0.6) is 0 Å². The summed E-state index contributed by atoms with van der Waals surface area (Å²) in [6.07, 6.45) is 5.62. The predicted molar refractivity (Wildman–Crippen MR) is 117 cm³/mol. The third-order valence-corrected chi connectivity index (χ3v) is 4.93. The van der Waals surface area contributed by atoms with Crippen LogP contribution in [0, 0.1) is 0 Å². The molecular formula is C23H20ClN5O. The number of hydrogen-bond acceptors (Lipinski definition) is 5. The molecule has 3 heterocycles. The van der Waals surface area contributed by atoms with E-state index < -0.39 is 0 Å². The summed E-state index contributed by atoms with van der Waals surface area (Å²) in [4.78, 5) is 25.5. The van der Waals surface area contributed by atoms with E-state index in [0.717, 1.165) is 33.4 Å². The second kappa shape index (κ2) is 8.98. The van der Waals surface area contributed by atoms with Gasteiger partial charge in [-0.25, -0.2) is 0 Å². The van der Waals surface area contributed by atoms with Gasteiger partial charge in [0.25, 0.3) is 5.91 Å². The molecule has 6 nitrogen and oxygen atoms in total. The quantitative estimate of drug-likeness (QED) is 0.499.